The Hall–Kier alpha value is -1.06. The number of hydrogen-bond acceptors (Lipinski definition) is 3. The summed E-state index contributed by atoms with van der Waals surface area (Å²) in [6.45, 7) is 3.45. The van der Waals surface area contributed by atoms with E-state index >= 15 is 0 Å². The fourth-order valence-corrected chi connectivity index (χ4v) is 3.38. The lowest BCUT2D eigenvalue weighted by Gasteiger charge is -2.23. The molecule has 1 unspecified atom stereocenters. The Morgan fingerprint density at radius 2 is 2.29 bits per heavy atom. The Kier molecular flexibility index (Phi) is 3.29. The molecule has 1 aromatic carbocycles. The maximum Gasteiger partial charge on any atom is 0.0529 e. The second-order valence-corrected chi connectivity index (χ2v) is 5.65. The molecule has 0 saturated carbocycles. The van der Waals surface area contributed by atoms with Gasteiger partial charge in [-0.1, -0.05) is 18.2 Å². The summed E-state index contributed by atoms with van der Waals surface area (Å²) in [5.74, 6) is 0.780. The van der Waals surface area contributed by atoms with Crippen molar-refractivity contribution in [2.75, 3.05) is 25.0 Å². The van der Waals surface area contributed by atoms with Crippen LogP contribution in [0.15, 0.2) is 29.6 Å². The lowest BCUT2D eigenvalue weighted by molar-refractivity contribution is 0.393. The van der Waals surface area contributed by atoms with Gasteiger partial charge in [-0.15, -0.1) is 11.3 Å². The average molecular weight is 246 g/mol. The van der Waals surface area contributed by atoms with Crippen molar-refractivity contribution in [2.45, 2.75) is 12.8 Å². The molecule has 2 N–H and O–H groups in total. The Labute approximate surface area is 106 Å². The monoisotopic (exact) mass is 246 g/mol. The topological polar surface area (TPSA) is 24.1 Å². The molecule has 3 heteroatoms. The van der Waals surface area contributed by atoms with Gasteiger partial charge in [0, 0.05) is 22.0 Å². The largest absolute Gasteiger partial charge is 0.384 e. The van der Waals surface area contributed by atoms with Crippen LogP contribution in [-0.2, 0) is 0 Å². The molecule has 1 aromatic heterocycles. The van der Waals surface area contributed by atoms with Crippen LogP contribution in [0, 0.1) is 5.92 Å². The van der Waals surface area contributed by atoms with E-state index in [1.165, 1.54) is 35.2 Å². The summed E-state index contributed by atoms with van der Waals surface area (Å²) in [5, 5.41) is 10.7. The number of thiophene rings is 1. The Balaban J connectivity index is 1.68. The molecule has 1 fully saturated rings. The number of rotatable bonds is 3. The van der Waals surface area contributed by atoms with Crippen LogP contribution in [0.2, 0.25) is 0 Å². The summed E-state index contributed by atoms with van der Waals surface area (Å²) < 4.78 is 1.37. The van der Waals surface area contributed by atoms with Crippen LogP contribution in [0.3, 0.4) is 0 Å². The minimum atomic E-state index is 0.780. The van der Waals surface area contributed by atoms with Gasteiger partial charge in [0.1, 0.15) is 0 Å². The van der Waals surface area contributed by atoms with Crippen molar-refractivity contribution in [1.29, 1.82) is 0 Å². The second kappa shape index (κ2) is 5.07. The summed E-state index contributed by atoms with van der Waals surface area (Å²) in [4.78, 5) is 0. The lowest BCUT2D eigenvalue weighted by atomic mass is 10.00. The van der Waals surface area contributed by atoms with Crippen molar-refractivity contribution in [1.82, 2.24) is 5.32 Å². The number of fused-ring (bicyclic) bond motifs is 1. The van der Waals surface area contributed by atoms with E-state index in [-0.39, 0.29) is 0 Å². The van der Waals surface area contributed by atoms with Crippen molar-refractivity contribution >= 4 is 27.1 Å². The van der Waals surface area contributed by atoms with Gasteiger partial charge in [-0.2, -0.15) is 0 Å². The Bertz CT molecular complexity index is 486. The molecular formula is C14H18N2S. The summed E-state index contributed by atoms with van der Waals surface area (Å²) in [7, 11) is 0. The highest BCUT2D eigenvalue weighted by Crippen LogP contribution is 2.30. The third kappa shape index (κ3) is 2.45. The predicted molar refractivity (Wildman–Crippen MR) is 75.9 cm³/mol. The Morgan fingerprint density at radius 3 is 3.18 bits per heavy atom. The van der Waals surface area contributed by atoms with E-state index in [4.69, 9.17) is 0 Å². The van der Waals surface area contributed by atoms with E-state index in [1.54, 1.807) is 0 Å². The van der Waals surface area contributed by atoms with Crippen molar-refractivity contribution in [3.8, 4) is 0 Å². The van der Waals surface area contributed by atoms with Crippen LogP contribution in [-0.4, -0.2) is 19.6 Å². The predicted octanol–water partition coefficient (Wildman–Crippen LogP) is 3.31. The van der Waals surface area contributed by atoms with Crippen molar-refractivity contribution in [3.63, 3.8) is 0 Å². The van der Waals surface area contributed by atoms with E-state index in [0.717, 1.165) is 19.0 Å². The number of anilines is 1. The zero-order valence-electron chi connectivity index (χ0n) is 9.91. The van der Waals surface area contributed by atoms with Crippen LogP contribution in [0.5, 0.6) is 0 Å². The molecule has 1 saturated heterocycles. The summed E-state index contributed by atoms with van der Waals surface area (Å²) in [5.41, 5.74) is 1.30. The summed E-state index contributed by atoms with van der Waals surface area (Å²) in [6.07, 6.45) is 2.67. The molecule has 0 radical (unpaired) electrons. The normalized spacial score (nSPS) is 20.6. The van der Waals surface area contributed by atoms with E-state index in [2.05, 4.69) is 40.3 Å². The maximum atomic E-state index is 3.61. The van der Waals surface area contributed by atoms with Gasteiger partial charge in [-0.05, 0) is 37.9 Å². The first kappa shape index (κ1) is 11.1. The molecule has 17 heavy (non-hydrogen) atoms. The molecule has 1 aliphatic rings. The number of hydrogen-bond donors (Lipinski definition) is 2. The SMILES string of the molecule is c1ccc2c(NCC3CCCNC3)csc2c1. The van der Waals surface area contributed by atoms with Crippen LogP contribution in [0.4, 0.5) is 5.69 Å². The molecule has 0 amide bonds. The van der Waals surface area contributed by atoms with Crippen LogP contribution in [0.25, 0.3) is 10.1 Å². The molecule has 2 aromatic rings. The van der Waals surface area contributed by atoms with Gasteiger partial charge in [-0.3, -0.25) is 0 Å². The van der Waals surface area contributed by atoms with Gasteiger partial charge in [0.2, 0.25) is 0 Å². The number of nitrogens with one attached hydrogen (secondary N) is 2. The fourth-order valence-electron chi connectivity index (χ4n) is 2.47. The molecule has 0 bridgehead atoms. The van der Waals surface area contributed by atoms with Crippen LogP contribution < -0.4 is 10.6 Å². The van der Waals surface area contributed by atoms with Gasteiger partial charge < -0.3 is 10.6 Å². The van der Waals surface area contributed by atoms with Crippen molar-refractivity contribution in [2.24, 2.45) is 5.92 Å². The molecule has 2 heterocycles. The highest BCUT2D eigenvalue weighted by molar-refractivity contribution is 7.17. The van der Waals surface area contributed by atoms with Crippen molar-refractivity contribution in [3.05, 3.63) is 29.6 Å². The van der Waals surface area contributed by atoms with Gasteiger partial charge in [0.25, 0.3) is 0 Å². The second-order valence-electron chi connectivity index (χ2n) is 4.74. The molecule has 3 rings (SSSR count). The summed E-state index contributed by atoms with van der Waals surface area (Å²) in [6, 6.07) is 8.61. The third-order valence-corrected chi connectivity index (χ3v) is 4.42. The Morgan fingerprint density at radius 1 is 1.35 bits per heavy atom. The van der Waals surface area contributed by atoms with E-state index in [0.29, 0.717) is 0 Å². The minimum absolute atomic E-state index is 0.780. The number of piperidine rings is 1. The van der Waals surface area contributed by atoms with Gasteiger partial charge >= 0.3 is 0 Å². The molecule has 1 aliphatic heterocycles. The van der Waals surface area contributed by atoms with Gasteiger partial charge in [0.15, 0.2) is 0 Å². The standard InChI is InChI=1S/C14H18N2S/c1-2-6-14-12(5-1)13(10-17-14)16-9-11-4-3-7-15-8-11/h1-2,5-6,10-11,15-16H,3-4,7-9H2. The van der Waals surface area contributed by atoms with Crippen LogP contribution >= 0.6 is 11.3 Å². The fraction of sp³-hybridized carbons (Fsp3) is 0.429. The molecule has 1 atom stereocenters. The highest BCUT2D eigenvalue weighted by Gasteiger charge is 2.13. The highest BCUT2D eigenvalue weighted by atomic mass is 32.1. The molecule has 0 aliphatic carbocycles. The van der Waals surface area contributed by atoms with Gasteiger partial charge in [-0.25, -0.2) is 0 Å². The molecule has 90 valence electrons. The molecule has 2 nitrogen and oxygen atoms in total. The quantitative estimate of drug-likeness (QED) is 0.868. The molecular weight excluding hydrogens is 228 g/mol. The average Bonchev–Trinajstić information content (AvgIpc) is 2.81. The first-order valence-corrected chi connectivity index (χ1v) is 7.22. The summed E-state index contributed by atoms with van der Waals surface area (Å²) >= 11 is 1.82. The van der Waals surface area contributed by atoms with Crippen molar-refractivity contribution < 1.29 is 0 Å². The van der Waals surface area contributed by atoms with Crippen LogP contribution in [0.1, 0.15) is 12.8 Å². The van der Waals surface area contributed by atoms with Gasteiger partial charge in [0.05, 0.1) is 5.69 Å². The van der Waals surface area contributed by atoms with E-state index in [9.17, 15) is 0 Å². The molecule has 0 spiro atoms. The zero-order chi connectivity index (χ0) is 11.5. The smallest absolute Gasteiger partial charge is 0.0529 e. The first-order chi connectivity index (χ1) is 8.43. The first-order valence-electron chi connectivity index (χ1n) is 6.34. The maximum absolute atomic E-state index is 3.61. The lowest BCUT2D eigenvalue weighted by Crippen LogP contribution is -2.33. The van der Waals surface area contributed by atoms with E-state index in [1.807, 2.05) is 11.3 Å². The third-order valence-electron chi connectivity index (χ3n) is 3.46. The minimum Gasteiger partial charge on any atom is -0.384 e. The van der Waals surface area contributed by atoms with E-state index < -0.39 is 0 Å². The number of benzene rings is 1. The zero-order valence-corrected chi connectivity index (χ0v) is 10.7.